The Labute approximate surface area is 245 Å². The molecule has 0 unspecified atom stereocenters. The zero-order chi connectivity index (χ0) is 29.0. The van der Waals surface area contributed by atoms with E-state index in [-0.39, 0.29) is 25.0 Å². The van der Waals surface area contributed by atoms with Crippen LogP contribution in [0.1, 0.15) is 22.7 Å². The zero-order valence-corrected chi connectivity index (χ0v) is 23.8. The van der Waals surface area contributed by atoms with Crippen LogP contribution in [0.3, 0.4) is 0 Å². The number of rotatable bonds is 13. The van der Waals surface area contributed by atoms with Crippen LogP contribution in [-0.2, 0) is 22.6 Å². The van der Waals surface area contributed by atoms with Gasteiger partial charge in [-0.2, -0.15) is 0 Å². The second-order valence-electron chi connectivity index (χ2n) is 9.29. The topological polar surface area (TPSA) is 77.1 Å². The summed E-state index contributed by atoms with van der Waals surface area (Å²) in [5, 5.41) is 3.44. The molecule has 2 amide bonds. The van der Waals surface area contributed by atoms with Crippen LogP contribution in [0, 0.1) is 0 Å². The smallest absolute Gasteiger partial charge is 0.261 e. The predicted octanol–water partition coefficient (Wildman–Crippen LogP) is 5.87. The van der Waals surface area contributed by atoms with E-state index in [2.05, 4.69) is 5.32 Å². The van der Waals surface area contributed by atoms with Crippen LogP contribution in [0.5, 0.6) is 17.2 Å². The standard InChI is InChI=1S/C33H33ClN2O5/c1-39-27-16-12-24(13-17-27)20-21-35-33(38)32(26-8-4-3-5-9-26)36(22-25-14-18-28(40-2)19-15-25)31(37)23-41-30-11-7-6-10-29(30)34/h3-19,32H,20-23H2,1-2H3,(H,35,38)/t32-/m1/s1. The van der Waals surface area contributed by atoms with Gasteiger partial charge in [0.05, 0.1) is 19.2 Å². The van der Waals surface area contributed by atoms with Gasteiger partial charge in [-0.25, -0.2) is 0 Å². The lowest BCUT2D eigenvalue weighted by Gasteiger charge is -2.31. The van der Waals surface area contributed by atoms with E-state index in [0.717, 1.165) is 16.9 Å². The third kappa shape index (κ3) is 8.25. The van der Waals surface area contributed by atoms with E-state index in [9.17, 15) is 9.59 Å². The summed E-state index contributed by atoms with van der Waals surface area (Å²) >= 11 is 6.25. The van der Waals surface area contributed by atoms with Crippen molar-refractivity contribution in [1.82, 2.24) is 10.2 Å². The lowest BCUT2D eigenvalue weighted by molar-refractivity contribution is -0.143. The number of amides is 2. The van der Waals surface area contributed by atoms with Crippen molar-refractivity contribution >= 4 is 23.4 Å². The molecule has 0 aliphatic carbocycles. The Morgan fingerprint density at radius 3 is 1.98 bits per heavy atom. The molecule has 0 saturated heterocycles. The molecule has 4 rings (SSSR count). The number of hydrogen-bond donors (Lipinski definition) is 1. The Morgan fingerprint density at radius 1 is 0.780 bits per heavy atom. The fraction of sp³-hybridized carbons (Fsp3) is 0.212. The highest BCUT2D eigenvalue weighted by Crippen LogP contribution is 2.27. The van der Waals surface area contributed by atoms with Crippen LogP contribution in [0.2, 0.25) is 5.02 Å². The zero-order valence-electron chi connectivity index (χ0n) is 23.1. The molecule has 1 N–H and O–H groups in total. The van der Waals surface area contributed by atoms with Crippen molar-refractivity contribution in [2.75, 3.05) is 27.4 Å². The lowest BCUT2D eigenvalue weighted by atomic mass is 10.0. The van der Waals surface area contributed by atoms with Gasteiger partial charge in [0.2, 0.25) is 5.91 Å². The SMILES string of the molecule is COc1ccc(CCNC(=O)[C@@H](c2ccccc2)N(Cc2ccc(OC)cc2)C(=O)COc2ccccc2Cl)cc1. The van der Waals surface area contributed by atoms with Crippen molar-refractivity contribution in [1.29, 1.82) is 0 Å². The first-order valence-corrected chi connectivity index (χ1v) is 13.6. The summed E-state index contributed by atoms with van der Waals surface area (Å²) in [6.07, 6.45) is 0.624. The van der Waals surface area contributed by atoms with Gasteiger partial charge in [-0.05, 0) is 59.5 Å². The molecular formula is C33H33ClN2O5. The van der Waals surface area contributed by atoms with Crippen molar-refractivity contribution in [3.63, 3.8) is 0 Å². The van der Waals surface area contributed by atoms with Crippen LogP contribution in [0.25, 0.3) is 0 Å². The van der Waals surface area contributed by atoms with Gasteiger partial charge in [-0.1, -0.05) is 78.3 Å². The van der Waals surface area contributed by atoms with Crippen molar-refractivity contribution in [2.24, 2.45) is 0 Å². The summed E-state index contributed by atoms with van der Waals surface area (Å²) in [5.74, 6) is 1.22. The third-order valence-corrected chi connectivity index (χ3v) is 6.88. The highest BCUT2D eigenvalue weighted by molar-refractivity contribution is 6.32. The molecule has 0 fully saturated rings. The Morgan fingerprint density at radius 2 is 1.37 bits per heavy atom. The molecule has 0 aliphatic heterocycles. The highest BCUT2D eigenvalue weighted by atomic mass is 35.5. The summed E-state index contributed by atoms with van der Waals surface area (Å²) in [4.78, 5) is 29.1. The molecule has 41 heavy (non-hydrogen) atoms. The Kier molecular flexibility index (Phi) is 10.6. The minimum absolute atomic E-state index is 0.181. The van der Waals surface area contributed by atoms with E-state index >= 15 is 0 Å². The first-order chi connectivity index (χ1) is 20.0. The number of carbonyl (C=O) groups is 2. The molecule has 212 valence electrons. The molecule has 4 aromatic rings. The number of halogens is 1. The second kappa shape index (κ2) is 14.8. The fourth-order valence-corrected chi connectivity index (χ4v) is 4.55. The number of para-hydroxylation sites is 1. The van der Waals surface area contributed by atoms with E-state index in [1.165, 1.54) is 4.90 Å². The van der Waals surface area contributed by atoms with Gasteiger partial charge in [0.25, 0.3) is 5.91 Å². The number of benzene rings is 4. The van der Waals surface area contributed by atoms with Gasteiger partial charge in [0.15, 0.2) is 6.61 Å². The Balaban J connectivity index is 1.58. The van der Waals surface area contributed by atoms with Crippen LogP contribution in [0.4, 0.5) is 0 Å². The van der Waals surface area contributed by atoms with Crippen LogP contribution in [-0.4, -0.2) is 44.1 Å². The molecule has 0 aromatic heterocycles. The Bertz CT molecular complexity index is 1410. The molecule has 0 radical (unpaired) electrons. The predicted molar refractivity (Wildman–Crippen MR) is 159 cm³/mol. The fourth-order valence-electron chi connectivity index (χ4n) is 4.36. The van der Waals surface area contributed by atoms with Gasteiger partial charge in [-0.15, -0.1) is 0 Å². The number of hydrogen-bond acceptors (Lipinski definition) is 5. The molecule has 0 heterocycles. The van der Waals surface area contributed by atoms with E-state index in [1.54, 1.807) is 38.5 Å². The molecule has 1 atom stereocenters. The first-order valence-electron chi connectivity index (χ1n) is 13.2. The molecule has 0 spiro atoms. The highest BCUT2D eigenvalue weighted by Gasteiger charge is 2.32. The van der Waals surface area contributed by atoms with Crippen molar-refractivity contribution in [2.45, 2.75) is 19.0 Å². The lowest BCUT2D eigenvalue weighted by Crippen LogP contribution is -2.45. The van der Waals surface area contributed by atoms with Crippen LogP contribution < -0.4 is 19.5 Å². The number of carbonyl (C=O) groups excluding carboxylic acids is 2. The average Bonchev–Trinajstić information content (AvgIpc) is 3.01. The number of nitrogens with zero attached hydrogens (tertiary/aromatic N) is 1. The van der Waals surface area contributed by atoms with Crippen LogP contribution in [0.15, 0.2) is 103 Å². The van der Waals surface area contributed by atoms with E-state index in [4.69, 9.17) is 25.8 Å². The summed E-state index contributed by atoms with van der Waals surface area (Å²) < 4.78 is 16.3. The van der Waals surface area contributed by atoms with Gasteiger partial charge >= 0.3 is 0 Å². The number of nitrogens with one attached hydrogen (secondary N) is 1. The molecule has 8 heteroatoms. The number of methoxy groups -OCH3 is 2. The van der Waals surface area contributed by atoms with Gasteiger partial charge in [0, 0.05) is 13.1 Å². The molecule has 0 saturated carbocycles. The molecule has 7 nitrogen and oxygen atoms in total. The third-order valence-electron chi connectivity index (χ3n) is 6.57. The summed E-state index contributed by atoms with van der Waals surface area (Å²) in [5.41, 5.74) is 2.58. The van der Waals surface area contributed by atoms with Crippen molar-refractivity contribution in [3.05, 3.63) is 125 Å². The maximum Gasteiger partial charge on any atom is 0.261 e. The van der Waals surface area contributed by atoms with Crippen molar-refractivity contribution < 1.29 is 23.8 Å². The Hall–Kier alpha value is -4.49. The van der Waals surface area contributed by atoms with E-state index in [1.807, 2.05) is 78.9 Å². The maximum absolute atomic E-state index is 13.8. The minimum Gasteiger partial charge on any atom is -0.497 e. The second-order valence-corrected chi connectivity index (χ2v) is 9.70. The summed E-state index contributed by atoms with van der Waals surface area (Å²) in [6.45, 7) is 0.289. The van der Waals surface area contributed by atoms with Crippen molar-refractivity contribution in [3.8, 4) is 17.2 Å². The van der Waals surface area contributed by atoms with Crippen LogP contribution >= 0.6 is 11.6 Å². The normalized spacial score (nSPS) is 11.3. The average molecular weight is 573 g/mol. The maximum atomic E-state index is 13.8. The van der Waals surface area contributed by atoms with Gasteiger partial charge < -0.3 is 24.4 Å². The molecule has 0 aliphatic rings. The van der Waals surface area contributed by atoms with E-state index < -0.39 is 6.04 Å². The van der Waals surface area contributed by atoms with Gasteiger partial charge in [0.1, 0.15) is 23.3 Å². The van der Waals surface area contributed by atoms with E-state index in [0.29, 0.717) is 35.1 Å². The summed E-state index contributed by atoms with van der Waals surface area (Å²) in [7, 11) is 3.22. The number of ether oxygens (including phenoxy) is 3. The quantitative estimate of drug-likeness (QED) is 0.217. The summed E-state index contributed by atoms with van der Waals surface area (Å²) in [6, 6.07) is 30.4. The molecule has 4 aromatic carbocycles. The minimum atomic E-state index is -0.892. The van der Waals surface area contributed by atoms with Gasteiger partial charge in [-0.3, -0.25) is 9.59 Å². The largest absolute Gasteiger partial charge is 0.497 e. The molecule has 0 bridgehead atoms. The monoisotopic (exact) mass is 572 g/mol. The molecular weight excluding hydrogens is 540 g/mol. The first kappa shape index (κ1) is 29.5.